The fourth-order valence-corrected chi connectivity index (χ4v) is 2.79. The molecule has 0 aromatic carbocycles. The Bertz CT molecular complexity index is 437. The number of nitrogens with zero attached hydrogens (tertiary/aromatic N) is 3. The molecule has 0 aliphatic carbocycles. The summed E-state index contributed by atoms with van der Waals surface area (Å²) in [5.74, 6) is -0.136. The Morgan fingerprint density at radius 2 is 2.59 bits per heavy atom. The zero-order valence-corrected chi connectivity index (χ0v) is 10.4. The van der Waals surface area contributed by atoms with E-state index in [1.807, 2.05) is 5.38 Å². The number of carbonyl (C=O) groups excluding carboxylic acids is 1. The first-order valence-electron chi connectivity index (χ1n) is 5.49. The van der Waals surface area contributed by atoms with Gasteiger partial charge in [-0.05, 0) is 13.3 Å². The van der Waals surface area contributed by atoms with E-state index in [4.69, 9.17) is 5.73 Å². The van der Waals surface area contributed by atoms with E-state index in [9.17, 15) is 10.1 Å². The van der Waals surface area contributed by atoms with E-state index in [1.165, 1.54) is 11.3 Å². The fraction of sp³-hybridized carbons (Fsp3) is 0.545. The molecule has 2 rings (SSSR count). The minimum absolute atomic E-state index is 0.0222. The Morgan fingerprint density at radius 1 is 1.82 bits per heavy atom. The van der Waals surface area contributed by atoms with Crippen LogP contribution in [0.5, 0.6) is 0 Å². The van der Waals surface area contributed by atoms with Gasteiger partial charge in [0.1, 0.15) is 6.04 Å². The van der Waals surface area contributed by atoms with Crippen LogP contribution in [-0.2, 0) is 4.79 Å². The molecular formula is C11H14N4OS. The van der Waals surface area contributed by atoms with Crippen LogP contribution in [0.2, 0.25) is 0 Å². The van der Waals surface area contributed by atoms with Gasteiger partial charge in [0, 0.05) is 17.8 Å². The highest BCUT2D eigenvalue weighted by atomic mass is 32.1. The minimum Gasteiger partial charge on any atom is -0.325 e. The van der Waals surface area contributed by atoms with E-state index in [-0.39, 0.29) is 11.8 Å². The van der Waals surface area contributed by atoms with Crippen LogP contribution >= 0.6 is 11.3 Å². The zero-order valence-electron chi connectivity index (χ0n) is 9.54. The van der Waals surface area contributed by atoms with E-state index in [1.54, 1.807) is 17.3 Å². The van der Waals surface area contributed by atoms with Gasteiger partial charge >= 0.3 is 0 Å². The number of hydrogen-bond donors (Lipinski definition) is 1. The number of likely N-dealkylation sites (tertiary alicyclic amines) is 1. The lowest BCUT2D eigenvalue weighted by Crippen LogP contribution is -2.45. The summed E-state index contributed by atoms with van der Waals surface area (Å²) >= 11 is 1.51. The smallest absolute Gasteiger partial charge is 0.240 e. The zero-order chi connectivity index (χ0) is 12.4. The predicted octanol–water partition coefficient (Wildman–Crippen LogP) is 0.698. The summed E-state index contributed by atoms with van der Waals surface area (Å²) in [5, 5.41) is 11.2. The van der Waals surface area contributed by atoms with Crippen molar-refractivity contribution in [3.05, 3.63) is 16.6 Å². The van der Waals surface area contributed by atoms with Crippen LogP contribution < -0.4 is 5.73 Å². The molecule has 1 aliphatic heterocycles. The number of hydrogen-bond acceptors (Lipinski definition) is 5. The van der Waals surface area contributed by atoms with Gasteiger partial charge in [0.15, 0.2) is 0 Å². The highest BCUT2D eigenvalue weighted by Gasteiger charge is 2.39. The third-order valence-corrected chi connectivity index (χ3v) is 3.64. The van der Waals surface area contributed by atoms with Crippen molar-refractivity contribution in [1.29, 1.82) is 5.26 Å². The molecular weight excluding hydrogens is 236 g/mol. The van der Waals surface area contributed by atoms with Crippen LogP contribution in [0, 0.1) is 11.3 Å². The number of amides is 1. The van der Waals surface area contributed by atoms with Crippen LogP contribution in [0.25, 0.3) is 0 Å². The third kappa shape index (κ3) is 2.16. The van der Waals surface area contributed by atoms with Crippen molar-refractivity contribution in [2.75, 3.05) is 6.54 Å². The van der Waals surface area contributed by atoms with Gasteiger partial charge in [-0.2, -0.15) is 5.26 Å². The van der Waals surface area contributed by atoms with Gasteiger partial charge in [0.05, 0.1) is 23.3 Å². The lowest BCUT2D eigenvalue weighted by atomic mass is 9.98. The molecule has 0 radical (unpaired) electrons. The van der Waals surface area contributed by atoms with Crippen LogP contribution in [0.3, 0.4) is 0 Å². The maximum Gasteiger partial charge on any atom is 0.240 e. The number of rotatable bonds is 2. The SMILES string of the molecule is C[C@H](N)C(=O)N1CCC(c2cscn2)[C@H]1C#N. The normalized spacial score (nSPS) is 25.6. The Balaban J connectivity index is 2.20. The van der Waals surface area contributed by atoms with Gasteiger partial charge in [-0.3, -0.25) is 4.79 Å². The van der Waals surface area contributed by atoms with E-state index in [2.05, 4.69) is 11.1 Å². The Kier molecular flexibility index (Phi) is 3.41. The highest BCUT2D eigenvalue weighted by Crippen LogP contribution is 2.33. The number of carbonyl (C=O) groups is 1. The number of thiazole rings is 1. The molecule has 6 heteroatoms. The molecule has 1 saturated heterocycles. The third-order valence-electron chi connectivity index (χ3n) is 3.03. The lowest BCUT2D eigenvalue weighted by Gasteiger charge is -2.23. The topological polar surface area (TPSA) is 83.0 Å². The second-order valence-electron chi connectivity index (χ2n) is 4.20. The molecule has 2 N–H and O–H groups in total. The van der Waals surface area contributed by atoms with Crippen molar-refractivity contribution < 1.29 is 4.79 Å². The maximum absolute atomic E-state index is 11.9. The van der Waals surface area contributed by atoms with Crippen molar-refractivity contribution in [2.45, 2.75) is 31.3 Å². The van der Waals surface area contributed by atoms with Gasteiger partial charge in [-0.1, -0.05) is 0 Å². The highest BCUT2D eigenvalue weighted by molar-refractivity contribution is 7.07. The standard InChI is InChI=1S/C11H14N4OS/c1-7(13)11(16)15-3-2-8(10(15)4-12)9-5-17-6-14-9/h5-8,10H,2-3,13H2,1H3/t7-,8?,10+/m0/s1. The molecule has 0 bridgehead atoms. The van der Waals surface area contributed by atoms with E-state index in [0.29, 0.717) is 6.54 Å². The quantitative estimate of drug-likeness (QED) is 0.837. The molecule has 1 fully saturated rings. The van der Waals surface area contributed by atoms with Gasteiger partial charge in [-0.25, -0.2) is 4.98 Å². The molecule has 17 heavy (non-hydrogen) atoms. The van der Waals surface area contributed by atoms with Gasteiger partial charge in [-0.15, -0.1) is 11.3 Å². The molecule has 0 saturated carbocycles. The minimum atomic E-state index is -0.556. The fourth-order valence-electron chi connectivity index (χ4n) is 2.18. The molecule has 1 aromatic rings. The molecule has 0 spiro atoms. The van der Waals surface area contributed by atoms with Crippen LogP contribution in [-0.4, -0.2) is 34.4 Å². The number of nitrogens with two attached hydrogens (primary N) is 1. The first-order valence-corrected chi connectivity index (χ1v) is 6.43. The van der Waals surface area contributed by atoms with E-state index < -0.39 is 12.1 Å². The van der Waals surface area contributed by atoms with Crippen molar-refractivity contribution in [3.63, 3.8) is 0 Å². The molecule has 1 amide bonds. The van der Waals surface area contributed by atoms with E-state index in [0.717, 1.165) is 12.1 Å². The molecule has 3 atom stereocenters. The summed E-state index contributed by atoms with van der Waals surface area (Å²) in [6.07, 6.45) is 0.778. The first-order chi connectivity index (χ1) is 8.15. The van der Waals surface area contributed by atoms with Crippen LogP contribution in [0.4, 0.5) is 0 Å². The van der Waals surface area contributed by atoms with Crippen molar-refractivity contribution >= 4 is 17.2 Å². The van der Waals surface area contributed by atoms with Gasteiger partial charge < -0.3 is 10.6 Å². The summed E-state index contributed by atoms with van der Waals surface area (Å²) in [6.45, 7) is 2.23. The monoisotopic (exact) mass is 250 g/mol. The largest absolute Gasteiger partial charge is 0.325 e. The van der Waals surface area contributed by atoms with Crippen molar-refractivity contribution in [2.24, 2.45) is 5.73 Å². The molecule has 5 nitrogen and oxygen atoms in total. The Morgan fingerprint density at radius 3 is 3.12 bits per heavy atom. The molecule has 1 aliphatic rings. The summed E-state index contributed by atoms with van der Waals surface area (Å²) in [7, 11) is 0. The number of aromatic nitrogens is 1. The summed E-state index contributed by atoms with van der Waals surface area (Å²) in [5.41, 5.74) is 8.24. The average Bonchev–Trinajstić information content (AvgIpc) is 2.95. The van der Waals surface area contributed by atoms with Crippen LogP contribution in [0.15, 0.2) is 10.9 Å². The predicted molar refractivity (Wildman–Crippen MR) is 64.2 cm³/mol. The Hall–Kier alpha value is -1.45. The first kappa shape index (κ1) is 12.0. The average molecular weight is 250 g/mol. The van der Waals surface area contributed by atoms with Gasteiger partial charge in [0.2, 0.25) is 5.91 Å². The van der Waals surface area contributed by atoms with Crippen molar-refractivity contribution in [3.8, 4) is 6.07 Å². The summed E-state index contributed by atoms with van der Waals surface area (Å²) in [6, 6.07) is 1.21. The van der Waals surface area contributed by atoms with Gasteiger partial charge in [0.25, 0.3) is 0 Å². The summed E-state index contributed by atoms with van der Waals surface area (Å²) in [4.78, 5) is 17.7. The summed E-state index contributed by atoms with van der Waals surface area (Å²) < 4.78 is 0. The Labute approximate surface area is 104 Å². The molecule has 2 heterocycles. The van der Waals surface area contributed by atoms with E-state index >= 15 is 0 Å². The molecule has 1 aromatic heterocycles. The van der Waals surface area contributed by atoms with Crippen LogP contribution in [0.1, 0.15) is 25.0 Å². The molecule has 90 valence electrons. The second kappa shape index (κ2) is 4.82. The second-order valence-corrected chi connectivity index (χ2v) is 4.92. The lowest BCUT2D eigenvalue weighted by molar-refractivity contribution is -0.132. The maximum atomic E-state index is 11.9. The molecule has 1 unspecified atom stereocenters. The van der Waals surface area contributed by atoms with Crippen molar-refractivity contribution in [1.82, 2.24) is 9.88 Å². The number of nitriles is 1.